The molecule has 66 valence electrons. The average molecular weight is 206 g/mol. The van der Waals surface area contributed by atoms with E-state index in [0.29, 0.717) is 10.0 Å². The van der Waals surface area contributed by atoms with Gasteiger partial charge in [0.1, 0.15) is 0 Å². The van der Waals surface area contributed by atoms with E-state index in [1.807, 2.05) is 0 Å². The SMILES string of the molecule is N[C@H](CO)c1ccc(Cl)c(Cl)c1. The van der Waals surface area contributed by atoms with Crippen molar-refractivity contribution in [3.05, 3.63) is 33.8 Å². The van der Waals surface area contributed by atoms with Crippen LogP contribution in [0.2, 0.25) is 10.0 Å². The monoisotopic (exact) mass is 205 g/mol. The molecule has 0 aliphatic rings. The van der Waals surface area contributed by atoms with Crippen LogP contribution in [-0.2, 0) is 0 Å². The fourth-order valence-electron chi connectivity index (χ4n) is 0.848. The minimum absolute atomic E-state index is 0.0992. The first-order valence-corrected chi connectivity index (χ1v) is 4.22. The van der Waals surface area contributed by atoms with E-state index in [1.165, 1.54) is 0 Å². The highest BCUT2D eigenvalue weighted by molar-refractivity contribution is 6.42. The molecule has 0 spiro atoms. The van der Waals surface area contributed by atoms with E-state index >= 15 is 0 Å². The van der Waals surface area contributed by atoms with Crippen molar-refractivity contribution in [2.24, 2.45) is 5.73 Å². The van der Waals surface area contributed by atoms with Gasteiger partial charge in [0.25, 0.3) is 0 Å². The maximum atomic E-state index is 8.75. The van der Waals surface area contributed by atoms with Crippen molar-refractivity contribution in [1.29, 1.82) is 0 Å². The molecule has 3 N–H and O–H groups in total. The number of hydrogen-bond acceptors (Lipinski definition) is 2. The van der Waals surface area contributed by atoms with Crippen LogP contribution in [0.15, 0.2) is 18.2 Å². The quantitative estimate of drug-likeness (QED) is 0.777. The summed E-state index contributed by atoms with van der Waals surface area (Å²) in [7, 11) is 0. The van der Waals surface area contributed by atoms with Crippen LogP contribution < -0.4 is 5.73 Å². The molecule has 0 saturated heterocycles. The lowest BCUT2D eigenvalue weighted by molar-refractivity contribution is 0.268. The highest BCUT2D eigenvalue weighted by atomic mass is 35.5. The fourth-order valence-corrected chi connectivity index (χ4v) is 1.15. The van der Waals surface area contributed by atoms with Gasteiger partial charge in [-0.1, -0.05) is 29.3 Å². The number of hydrogen-bond donors (Lipinski definition) is 2. The fraction of sp³-hybridized carbons (Fsp3) is 0.250. The Hall–Kier alpha value is -0.280. The summed E-state index contributed by atoms with van der Waals surface area (Å²) in [5.74, 6) is 0. The van der Waals surface area contributed by atoms with Crippen LogP contribution in [0.3, 0.4) is 0 Å². The van der Waals surface area contributed by atoms with Gasteiger partial charge in [-0.25, -0.2) is 0 Å². The van der Waals surface area contributed by atoms with E-state index in [9.17, 15) is 0 Å². The molecule has 4 heteroatoms. The predicted octanol–water partition coefficient (Wildman–Crippen LogP) is 1.99. The van der Waals surface area contributed by atoms with Crippen molar-refractivity contribution in [1.82, 2.24) is 0 Å². The Balaban J connectivity index is 2.96. The minimum Gasteiger partial charge on any atom is -0.394 e. The summed E-state index contributed by atoms with van der Waals surface area (Å²) in [6, 6.07) is 4.68. The maximum absolute atomic E-state index is 8.75. The van der Waals surface area contributed by atoms with Crippen molar-refractivity contribution in [3.63, 3.8) is 0 Å². The van der Waals surface area contributed by atoms with Gasteiger partial charge in [-0.15, -0.1) is 0 Å². The number of halogens is 2. The first-order valence-electron chi connectivity index (χ1n) is 3.46. The molecule has 1 rings (SSSR count). The van der Waals surface area contributed by atoms with Gasteiger partial charge < -0.3 is 10.8 Å². The zero-order chi connectivity index (χ0) is 9.14. The molecule has 0 aliphatic heterocycles. The van der Waals surface area contributed by atoms with E-state index < -0.39 is 0 Å². The molecule has 0 aromatic heterocycles. The first-order chi connectivity index (χ1) is 5.65. The third-order valence-electron chi connectivity index (χ3n) is 1.57. The lowest BCUT2D eigenvalue weighted by Gasteiger charge is -2.08. The highest BCUT2D eigenvalue weighted by Gasteiger charge is 2.05. The van der Waals surface area contributed by atoms with Gasteiger partial charge >= 0.3 is 0 Å². The zero-order valence-corrected chi connectivity index (χ0v) is 7.81. The number of rotatable bonds is 2. The molecule has 2 nitrogen and oxygen atoms in total. The van der Waals surface area contributed by atoms with Gasteiger partial charge in [-0.3, -0.25) is 0 Å². The predicted molar refractivity (Wildman–Crippen MR) is 50.5 cm³/mol. The molecule has 0 unspecified atom stereocenters. The van der Waals surface area contributed by atoms with Gasteiger partial charge in [0.15, 0.2) is 0 Å². The van der Waals surface area contributed by atoms with Gasteiger partial charge in [0.2, 0.25) is 0 Å². The Morgan fingerprint density at radius 1 is 1.33 bits per heavy atom. The minimum atomic E-state index is -0.389. The maximum Gasteiger partial charge on any atom is 0.0624 e. The third-order valence-corrected chi connectivity index (χ3v) is 2.31. The van der Waals surface area contributed by atoms with Gasteiger partial charge in [-0.05, 0) is 17.7 Å². The second kappa shape index (κ2) is 4.10. The summed E-state index contributed by atoms with van der Waals surface area (Å²) in [6.07, 6.45) is 0. The van der Waals surface area contributed by atoms with Crippen molar-refractivity contribution < 1.29 is 5.11 Å². The van der Waals surface area contributed by atoms with Crippen LogP contribution >= 0.6 is 23.2 Å². The van der Waals surface area contributed by atoms with Crippen LogP contribution in [0.1, 0.15) is 11.6 Å². The Kier molecular flexibility index (Phi) is 3.35. The van der Waals surface area contributed by atoms with Gasteiger partial charge in [0.05, 0.1) is 22.7 Å². The molecule has 0 heterocycles. The van der Waals surface area contributed by atoms with Crippen LogP contribution in [0.25, 0.3) is 0 Å². The summed E-state index contributed by atoms with van der Waals surface area (Å²) in [5.41, 5.74) is 6.35. The molecule has 1 aromatic carbocycles. The highest BCUT2D eigenvalue weighted by Crippen LogP contribution is 2.24. The molecule has 1 atom stereocenters. The van der Waals surface area contributed by atoms with Crippen molar-refractivity contribution in [3.8, 4) is 0 Å². The molecule has 0 saturated carbocycles. The summed E-state index contributed by atoms with van der Waals surface area (Å²) in [6.45, 7) is -0.0992. The van der Waals surface area contributed by atoms with E-state index in [4.69, 9.17) is 34.0 Å². The molecule has 0 bridgehead atoms. The summed E-state index contributed by atoms with van der Waals surface area (Å²) >= 11 is 11.4. The zero-order valence-electron chi connectivity index (χ0n) is 6.30. The smallest absolute Gasteiger partial charge is 0.0624 e. The number of aliphatic hydroxyl groups is 1. The third kappa shape index (κ3) is 2.11. The van der Waals surface area contributed by atoms with Crippen molar-refractivity contribution >= 4 is 23.2 Å². The standard InChI is InChI=1S/C8H9Cl2NO/c9-6-2-1-5(3-7(6)10)8(11)4-12/h1-3,8,12H,4,11H2/t8-/m1/s1. The molecule has 0 fully saturated rings. The van der Waals surface area contributed by atoms with Crippen molar-refractivity contribution in [2.45, 2.75) is 6.04 Å². The Morgan fingerprint density at radius 3 is 2.50 bits per heavy atom. The molecule has 12 heavy (non-hydrogen) atoms. The van der Waals surface area contributed by atoms with E-state index in [-0.39, 0.29) is 12.6 Å². The molecule has 1 aromatic rings. The van der Waals surface area contributed by atoms with E-state index in [0.717, 1.165) is 5.56 Å². The van der Waals surface area contributed by atoms with Gasteiger partial charge in [-0.2, -0.15) is 0 Å². The Bertz CT molecular complexity index is 278. The molecular formula is C8H9Cl2NO. The summed E-state index contributed by atoms with van der Waals surface area (Å²) in [5, 5.41) is 9.70. The molecule has 0 amide bonds. The topological polar surface area (TPSA) is 46.2 Å². The summed E-state index contributed by atoms with van der Waals surface area (Å²) < 4.78 is 0. The number of nitrogens with two attached hydrogens (primary N) is 1. The Morgan fingerprint density at radius 2 is 2.00 bits per heavy atom. The van der Waals surface area contributed by atoms with Crippen molar-refractivity contribution in [2.75, 3.05) is 6.61 Å². The lowest BCUT2D eigenvalue weighted by Crippen LogP contribution is -2.14. The number of aliphatic hydroxyl groups excluding tert-OH is 1. The number of benzene rings is 1. The largest absolute Gasteiger partial charge is 0.394 e. The summed E-state index contributed by atoms with van der Waals surface area (Å²) in [4.78, 5) is 0. The Labute approximate surface area is 80.9 Å². The average Bonchev–Trinajstić information content (AvgIpc) is 2.08. The van der Waals surface area contributed by atoms with Crippen LogP contribution in [0.5, 0.6) is 0 Å². The molecular weight excluding hydrogens is 197 g/mol. The second-order valence-electron chi connectivity index (χ2n) is 2.46. The normalized spacial score (nSPS) is 13.0. The van der Waals surface area contributed by atoms with E-state index in [1.54, 1.807) is 18.2 Å². The van der Waals surface area contributed by atoms with Crippen LogP contribution in [0, 0.1) is 0 Å². The molecule has 0 aliphatic carbocycles. The second-order valence-corrected chi connectivity index (χ2v) is 3.28. The van der Waals surface area contributed by atoms with Gasteiger partial charge in [0, 0.05) is 0 Å². The van der Waals surface area contributed by atoms with E-state index in [2.05, 4.69) is 0 Å². The van der Waals surface area contributed by atoms with Crippen LogP contribution in [0.4, 0.5) is 0 Å². The van der Waals surface area contributed by atoms with Crippen LogP contribution in [-0.4, -0.2) is 11.7 Å². The molecule has 0 radical (unpaired) electrons. The first kappa shape index (κ1) is 9.81. The lowest BCUT2D eigenvalue weighted by atomic mass is 10.1.